The zero-order valence-electron chi connectivity index (χ0n) is 29.3. The van der Waals surface area contributed by atoms with E-state index < -0.39 is 25.8 Å². The van der Waals surface area contributed by atoms with Crippen molar-refractivity contribution in [1.29, 1.82) is 0 Å². The van der Waals surface area contributed by atoms with E-state index in [1.807, 2.05) is 84.9 Å². The molecule has 0 heterocycles. The number of aliphatic hydroxyl groups excluding tert-OH is 1. The minimum atomic E-state index is -3.41. The fraction of sp³-hybridized carbons (Fsp3) is 0.561. The van der Waals surface area contributed by atoms with Crippen LogP contribution in [-0.2, 0) is 9.13 Å². The van der Waals surface area contributed by atoms with Gasteiger partial charge in [-0.3, -0.25) is 0 Å². The van der Waals surface area contributed by atoms with Gasteiger partial charge in [-0.25, -0.2) is 0 Å². The first-order chi connectivity index (χ1) is 22.4. The monoisotopic (exact) mass is 694 g/mol. The molecule has 1 N–H and O–H groups in total. The second-order valence-electron chi connectivity index (χ2n) is 15.7. The Hall–Kier alpha value is -1.63. The molecule has 3 nitrogen and oxygen atoms in total. The molecule has 10 atom stereocenters. The summed E-state index contributed by atoms with van der Waals surface area (Å²) in [5, 5.41) is 15.0. The van der Waals surface area contributed by atoms with Crippen molar-refractivity contribution >= 4 is 36.5 Å². The number of aliphatic hydroxyl groups is 1. The lowest BCUT2D eigenvalue weighted by atomic mass is 9.77. The van der Waals surface area contributed by atoms with Crippen molar-refractivity contribution in [2.24, 2.45) is 35.5 Å². The molecule has 2 aliphatic rings. The average molecular weight is 695 g/mol. The summed E-state index contributed by atoms with van der Waals surface area (Å²) >= 11 is 6.44. The van der Waals surface area contributed by atoms with Crippen LogP contribution in [0.25, 0.3) is 0 Å². The van der Waals surface area contributed by atoms with Crippen LogP contribution in [0.1, 0.15) is 97.7 Å². The molecule has 6 heteroatoms. The number of halogens is 1. The quantitative estimate of drug-likeness (QED) is 0.203. The van der Waals surface area contributed by atoms with Gasteiger partial charge < -0.3 is 14.2 Å². The Balaban J connectivity index is 1.71. The zero-order chi connectivity index (χ0) is 33.9. The molecule has 0 saturated heterocycles. The maximum Gasteiger partial charge on any atom is 0.145 e. The highest BCUT2D eigenvalue weighted by Gasteiger charge is 2.53. The Morgan fingerprint density at radius 2 is 1.09 bits per heavy atom. The van der Waals surface area contributed by atoms with E-state index in [-0.39, 0.29) is 23.7 Å². The van der Waals surface area contributed by atoms with E-state index in [1.165, 1.54) is 0 Å². The van der Waals surface area contributed by atoms with Gasteiger partial charge in [-0.2, -0.15) is 0 Å². The van der Waals surface area contributed by atoms with Gasteiger partial charge in [0.05, 0.1) is 0 Å². The molecule has 47 heavy (non-hydrogen) atoms. The standard InChI is InChI=1S/C41H57ClO3P2/c1-28(2)36-23-17-30(5)25-39(36)46(44,34-13-9-7-10-14-34)38(32-19-21-33(42)22-20-32)27-41(43)47(45,35-15-11-8-12-16-35)40-26-31(6)18-24-37(40)29(3)4/h7-16,19-22,28-31,36-41,43H,17-18,23-27H2,1-6H3/t30-,31-,36+,37+,38+,39-,40-,41+,46?,47?/m1/s1. The molecule has 0 aromatic heterocycles. The van der Waals surface area contributed by atoms with Gasteiger partial charge in [-0.1, -0.05) is 139 Å². The Morgan fingerprint density at radius 1 is 0.660 bits per heavy atom. The first-order valence-electron chi connectivity index (χ1n) is 18.1. The first-order valence-corrected chi connectivity index (χ1v) is 22.2. The van der Waals surface area contributed by atoms with Crippen molar-refractivity contribution in [2.45, 2.75) is 109 Å². The number of benzene rings is 3. The normalized spacial score (nSPS) is 29.1. The summed E-state index contributed by atoms with van der Waals surface area (Å²) in [7, 11) is -6.68. The van der Waals surface area contributed by atoms with Crippen LogP contribution in [0.2, 0.25) is 5.02 Å². The fourth-order valence-corrected chi connectivity index (χ4v) is 18.3. The highest BCUT2D eigenvalue weighted by molar-refractivity contribution is 7.73. The molecular weight excluding hydrogens is 638 g/mol. The number of hydrogen-bond acceptors (Lipinski definition) is 3. The van der Waals surface area contributed by atoms with Gasteiger partial charge in [0.1, 0.15) is 20.1 Å². The van der Waals surface area contributed by atoms with E-state index >= 15 is 9.13 Å². The predicted octanol–water partition coefficient (Wildman–Crippen LogP) is 11.4. The third kappa shape index (κ3) is 7.60. The van der Waals surface area contributed by atoms with Gasteiger partial charge in [0, 0.05) is 32.6 Å². The Labute approximate surface area is 290 Å². The summed E-state index contributed by atoms with van der Waals surface area (Å²) in [5.74, 6) is 1.07. The lowest BCUT2D eigenvalue weighted by molar-refractivity contribution is 0.206. The molecule has 0 aliphatic heterocycles. The second kappa shape index (κ2) is 15.5. The molecule has 0 bridgehead atoms. The molecule has 0 radical (unpaired) electrons. The maximum atomic E-state index is 16.6. The SMILES string of the molecule is CC(C)[C@@H]1CC[C@@H](C)C[C@H]1P(=O)(c1ccccc1)[C@H](O)C[C@@H](c1ccc(Cl)cc1)P(=O)(c1ccccc1)[C@@H]1C[C@H](C)CC[C@H]1C(C)C. The minimum Gasteiger partial charge on any atom is -0.385 e. The van der Waals surface area contributed by atoms with Gasteiger partial charge in [0.2, 0.25) is 0 Å². The summed E-state index contributed by atoms with van der Waals surface area (Å²) in [6, 6.07) is 27.6. The molecule has 3 aromatic rings. The van der Waals surface area contributed by atoms with E-state index in [2.05, 4.69) is 41.5 Å². The molecule has 2 fully saturated rings. The minimum absolute atomic E-state index is 0.0317. The summed E-state index contributed by atoms with van der Waals surface area (Å²) in [6.07, 6.45) is 6.25. The Morgan fingerprint density at radius 3 is 1.53 bits per heavy atom. The topological polar surface area (TPSA) is 54.4 Å². The smallest absolute Gasteiger partial charge is 0.145 e. The van der Waals surface area contributed by atoms with Crippen LogP contribution < -0.4 is 10.6 Å². The molecule has 2 saturated carbocycles. The molecular formula is C41H57ClO3P2. The van der Waals surface area contributed by atoms with Crippen LogP contribution in [-0.4, -0.2) is 22.3 Å². The summed E-state index contributed by atoms with van der Waals surface area (Å²) in [4.78, 5) is 0. The van der Waals surface area contributed by atoms with Gasteiger partial charge in [-0.15, -0.1) is 0 Å². The van der Waals surface area contributed by atoms with Crippen molar-refractivity contribution in [3.63, 3.8) is 0 Å². The van der Waals surface area contributed by atoms with Crippen LogP contribution in [0.3, 0.4) is 0 Å². The van der Waals surface area contributed by atoms with Crippen LogP contribution >= 0.6 is 25.9 Å². The molecule has 5 rings (SSSR count). The van der Waals surface area contributed by atoms with Crippen molar-refractivity contribution in [2.75, 3.05) is 0 Å². The molecule has 2 aliphatic carbocycles. The van der Waals surface area contributed by atoms with E-state index in [0.29, 0.717) is 34.6 Å². The molecule has 0 spiro atoms. The molecule has 3 aromatic carbocycles. The Bertz CT molecular complexity index is 1520. The number of hydrogen-bond donors (Lipinski definition) is 1. The summed E-state index contributed by atoms with van der Waals surface area (Å²) in [5.41, 5.74) is 0.266. The zero-order valence-corrected chi connectivity index (χ0v) is 31.9. The van der Waals surface area contributed by atoms with Crippen molar-refractivity contribution in [3.8, 4) is 0 Å². The van der Waals surface area contributed by atoms with Gasteiger partial charge in [-0.05, 0) is 85.3 Å². The maximum absolute atomic E-state index is 16.6. The van der Waals surface area contributed by atoms with Gasteiger partial charge >= 0.3 is 0 Å². The Kier molecular flexibility index (Phi) is 12.1. The van der Waals surface area contributed by atoms with Crippen molar-refractivity contribution < 1.29 is 14.2 Å². The second-order valence-corrected chi connectivity index (χ2v) is 22.5. The largest absolute Gasteiger partial charge is 0.385 e. The highest BCUT2D eigenvalue weighted by atomic mass is 35.5. The van der Waals surface area contributed by atoms with Crippen LogP contribution in [0, 0.1) is 35.5 Å². The third-order valence-corrected chi connectivity index (χ3v) is 20.0. The summed E-state index contributed by atoms with van der Waals surface area (Å²) < 4.78 is 32.6. The van der Waals surface area contributed by atoms with E-state index in [9.17, 15) is 5.11 Å². The highest BCUT2D eigenvalue weighted by Crippen LogP contribution is 2.71. The van der Waals surface area contributed by atoms with E-state index in [0.717, 1.165) is 54.7 Å². The third-order valence-electron chi connectivity index (χ3n) is 11.9. The average Bonchev–Trinajstić information content (AvgIpc) is 3.07. The number of rotatable bonds is 11. The van der Waals surface area contributed by atoms with E-state index in [4.69, 9.17) is 11.6 Å². The van der Waals surface area contributed by atoms with Gasteiger partial charge in [0.15, 0.2) is 0 Å². The molecule has 2 unspecified atom stereocenters. The van der Waals surface area contributed by atoms with Gasteiger partial charge in [0.25, 0.3) is 0 Å². The van der Waals surface area contributed by atoms with Crippen molar-refractivity contribution in [1.82, 2.24) is 0 Å². The molecule has 256 valence electrons. The van der Waals surface area contributed by atoms with Crippen LogP contribution in [0.15, 0.2) is 84.9 Å². The fourth-order valence-electron chi connectivity index (χ4n) is 9.25. The first kappa shape index (κ1) is 36.6. The molecule has 0 amide bonds. The van der Waals surface area contributed by atoms with Crippen molar-refractivity contribution in [3.05, 3.63) is 95.5 Å². The van der Waals surface area contributed by atoms with E-state index in [1.54, 1.807) is 0 Å². The lowest BCUT2D eigenvalue weighted by Gasteiger charge is -2.47. The predicted molar refractivity (Wildman–Crippen MR) is 202 cm³/mol. The van der Waals surface area contributed by atoms with Crippen LogP contribution in [0.4, 0.5) is 0 Å². The lowest BCUT2D eigenvalue weighted by Crippen LogP contribution is -2.39. The summed E-state index contributed by atoms with van der Waals surface area (Å²) in [6.45, 7) is 13.6. The van der Waals surface area contributed by atoms with Crippen LogP contribution in [0.5, 0.6) is 0 Å².